The summed E-state index contributed by atoms with van der Waals surface area (Å²) in [5.41, 5.74) is -1.25. The number of esters is 1. The van der Waals surface area contributed by atoms with E-state index in [1.807, 2.05) is 13.8 Å². The molecule has 0 aliphatic heterocycles. The van der Waals surface area contributed by atoms with Crippen LogP contribution in [0.25, 0.3) is 0 Å². The molecule has 0 bridgehead atoms. The minimum atomic E-state index is -0.787. The van der Waals surface area contributed by atoms with Crippen molar-refractivity contribution in [3.8, 4) is 0 Å². The summed E-state index contributed by atoms with van der Waals surface area (Å²) in [6.45, 7) is 12.6. The van der Waals surface area contributed by atoms with Gasteiger partial charge in [0.05, 0.1) is 7.11 Å². The Hall–Kier alpha value is -1.52. The monoisotopic (exact) mass is 271 g/mol. The van der Waals surface area contributed by atoms with E-state index in [1.165, 1.54) is 19.1 Å². The number of likely N-dealkylation sites (N-methyl/N-ethyl adjacent to an activating group) is 1. The Kier molecular flexibility index (Phi) is 5.60. The van der Waals surface area contributed by atoms with Gasteiger partial charge in [-0.15, -0.1) is 6.58 Å². The smallest absolute Gasteiger partial charge is 0.410 e. The summed E-state index contributed by atoms with van der Waals surface area (Å²) in [5, 5.41) is 0. The molecule has 0 rings (SSSR count). The second-order valence-electron chi connectivity index (χ2n) is 6.04. The summed E-state index contributed by atoms with van der Waals surface area (Å²) in [5.74, 6) is -0.502. The van der Waals surface area contributed by atoms with Crippen LogP contribution in [0.2, 0.25) is 0 Å². The van der Waals surface area contributed by atoms with Crippen LogP contribution in [0, 0.1) is 5.41 Å². The summed E-state index contributed by atoms with van der Waals surface area (Å²) >= 11 is 0. The quantitative estimate of drug-likeness (QED) is 0.582. The van der Waals surface area contributed by atoms with Gasteiger partial charge in [0.1, 0.15) is 11.6 Å². The highest BCUT2D eigenvalue weighted by Crippen LogP contribution is 2.27. The third kappa shape index (κ3) is 4.93. The van der Waals surface area contributed by atoms with Crippen LogP contribution in [-0.4, -0.2) is 42.8 Å². The maximum atomic E-state index is 12.0. The van der Waals surface area contributed by atoms with Gasteiger partial charge in [0, 0.05) is 12.5 Å². The highest BCUT2D eigenvalue weighted by molar-refractivity contribution is 5.82. The van der Waals surface area contributed by atoms with E-state index in [9.17, 15) is 9.59 Å². The fourth-order valence-corrected chi connectivity index (χ4v) is 1.62. The number of hydrogen-bond acceptors (Lipinski definition) is 4. The number of carbonyl (C=O) groups is 2. The van der Waals surface area contributed by atoms with Crippen LogP contribution in [0.3, 0.4) is 0 Å². The maximum Gasteiger partial charge on any atom is 0.410 e. The zero-order chi connectivity index (χ0) is 15.4. The number of amides is 1. The first-order chi connectivity index (χ1) is 8.46. The van der Waals surface area contributed by atoms with Crippen molar-refractivity contribution in [2.24, 2.45) is 5.41 Å². The number of hydrogen-bond donors (Lipinski definition) is 0. The van der Waals surface area contributed by atoms with Crippen molar-refractivity contribution in [1.29, 1.82) is 0 Å². The summed E-state index contributed by atoms with van der Waals surface area (Å²) in [7, 11) is 2.80. The van der Waals surface area contributed by atoms with Crippen LogP contribution in [0.5, 0.6) is 0 Å². The number of carbonyl (C=O) groups excluding carboxylic acids is 2. The van der Waals surface area contributed by atoms with Crippen molar-refractivity contribution in [3.63, 3.8) is 0 Å². The fraction of sp³-hybridized carbons (Fsp3) is 0.714. The molecule has 1 atom stereocenters. The van der Waals surface area contributed by atoms with E-state index in [1.54, 1.807) is 26.8 Å². The lowest BCUT2D eigenvalue weighted by Crippen LogP contribution is -2.52. The third-order valence-electron chi connectivity index (χ3n) is 2.72. The zero-order valence-corrected chi connectivity index (χ0v) is 12.9. The molecule has 0 fully saturated rings. The van der Waals surface area contributed by atoms with Crippen LogP contribution in [-0.2, 0) is 14.3 Å². The molecule has 0 radical (unpaired) electrons. The fourth-order valence-electron chi connectivity index (χ4n) is 1.62. The van der Waals surface area contributed by atoms with Gasteiger partial charge in [-0.25, -0.2) is 9.59 Å². The van der Waals surface area contributed by atoms with Crippen LogP contribution in [0.1, 0.15) is 34.6 Å². The Morgan fingerprint density at radius 2 is 1.68 bits per heavy atom. The van der Waals surface area contributed by atoms with E-state index >= 15 is 0 Å². The molecule has 0 aromatic heterocycles. The van der Waals surface area contributed by atoms with Crippen LogP contribution in [0.15, 0.2) is 12.7 Å². The number of methoxy groups -OCH3 is 1. The van der Waals surface area contributed by atoms with Gasteiger partial charge in [-0.05, 0) is 20.8 Å². The molecule has 0 saturated heterocycles. The Labute approximate surface area is 115 Å². The average Bonchev–Trinajstić information content (AvgIpc) is 2.26. The first kappa shape index (κ1) is 17.5. The molecule has 5 nitrogen and oxygen atoms in total. The van der Waals surface area contributed by atoms with Crippen molar-refractivity contribution < 1.29 is 19.1 Å². The normalized spacial score (nSPS) is 13.4. The number of rotatable bonds is 4. The lowest BCUT2D eigenvalue weighted by Gasteiger charge is -2.36. The van der Waals surface area contributed by atoms with Gasteiger partial charge in [0.25, 0.3) is 0 Å². The summed E-state index contributed by atoms with van der Waals surface area (Å²) < 4.78 is 10.0. The van der Waals surface area contributed by atoms with E-state index < -0.39 is 29.1 Å². The van der Waals surface area contributed by atoms with Gasteiger partial charge >= 0.3 is 12.1 Å². The van der Waals surface area contributed by atoms with Crippen LogP contribution in [0.4, 0.5) is 4.79 Å². The first-order valence-corrected chi connectivity index (χ1v) is 6.13. The topological polar surface area (TPSA) is 55.8 Å². The van der Waals surface area contributed by atoms with Gasteiger partial charge in [0.2, 0.25) is 0 Å². The Morgan fingerprint density at radius 3 is 2.00 bits per heavy atom. The predicted octanol–water partition coefficient (Wildman–Crippen LogP) is 2.61. The first-order valence-electron chi connectivity index (χ1n) is 6.13. The Balaban J connectivity index is 5.24. The van der Waals surface area contributed by atoms with Gasteiger partial charge in [-0.2, -0.15) is 0 Å². The van der Waals surface area contributed by atoms with Crippen molar-refractivity contribution in [2.75, 3.05) is 14.2 Å². The molecule has 5 heteroatoms. The molecule has 0 aromatic carbocycles. The van der Waals surface area contributed by atoms with Crippen molar-refractivity contribution in [1.82, 2.24) is 4.90 Å². The van der Waals surface area contributed by atoms with E-state index in [4.69, 9.17) is 9.47 Å². The van der Waals surface area contributed by atoms with Crippen LogP contribution < -0.4 is 0 Å². The molecule has 1 unspecified atom stereocenters. The molecule has 19 heavy (non-hydrogen) atoms. The standard InChI is InChI=1S/C14H25NO4/c1-9-14(5,6)10(11(16)18-8)15(7)12(17)19-13(2,3)4/h9-10H,1H2,2-8H3. The molecule has 1 amide bonds. The summed E-state index contributed by atoms with van der Waals surface area (Å²) in [4.78, 5) is 25.2. The second kappa shape index (κ2) is 6.08. The average molecular weight is 271 g/mol. The van der Waals surface area contributed by atoms with Gasteiger partial charge in [-0.3, -0.25) is 4.90 Å². The number of ether oxygens (including phenoxy) is 2. The van der Waals surface area contributed by atoms with Crippen molar-refractivity contribution in [3.05, 3.63) is 12.7 Å². The zero-order valence-electron chi connectivity index (χ0n) is 12.9. The minimum Gasteiger partial charge on any atom is -0.467 e. The Bertz CT molecular complexity index is 355. The molecular formula is C14H25NO4. The molecule has 0 heterocycles. The van der Waals surface area contributed by atoms with Crippen molar-refractivity contribution >= 4 is 12.1 Å². The maximum absolute atomic E-state index is 12.0. The SMILES string of the molecule is C=CC(C)(C)C(C(=O)OC)N(C)C(=O)OC(C)(C)C. The minimum absolute atomic E-state index is 0.502. The second-order valence-corrected chi connectivity index (χ2v) is 6.04. The van der Waals surface area contributed by atoms with Gasteiger partial charge in [-0.1, -0.05) is 19.9 Å². The van der Waals surface area contributed by atoms with E-state index in [0.717, 1.165) is 0 Å². The highest BCUT2D eigenvalue weighted by Gasteiger charge is 2.40. The predicted molar refractivity (Wildman–Crippen MR) is 73.8 cm³/mol. The van der Waals surface area contributed by atoms with E-state index in [-0.39, 0.29) is 0 Å². The molecule has 0 aromatic rings. The summed E-state index contributed by atoms with van der Waals surface area (Å²) in [6.07, 6.45) is 1.05. The molecule has 0 saturated carbocycles. The largest absolute Gasteiger partial charge is 0.467 e. The van der Waals surface area contributed by atoms with Crippen LogP contribution >= 0.6 is 0 Å². The Morgan fingerprint density at radius 1 is 1.21 bits per heavy atom. The third-order valence-corrected chi connectivity index (χ3v) is 2.72. The van der Waals surface area contributed by atoms with Gasteiger partial charge < -0.3 is 9.47 Å². The summed E-state index contributed by atoms with van der Waals surface area (Å²) in [6, 6.07) is -0.787. The molecule has 0 N–H and O–H groups in total. The highest BCUT2D eigenvalue weighted by atomic mass is 16.6. The van der Waals surface area contributed by atoms with E-state index in [0.29, 0.717) is 0 Å². The molecule has 0 aliphatic carbocycles. The lowest BCUT2D eigenvalue weighted by molar-refractivity contribution is -0.149. The number of nitrogens with zero attached hydrogens (tertiary/aromatic N) is 1. The van der Waals surface area contributed by atoms with E-state index in [2.05, 4.69) is 6.58 Å². The molecule has 0 aliphatic rings. The molecule has 0 spiro atoms. The molecular weight excluding hydrogens is 246 g/mol. The van der Waals surface area contributed by atoms with Crippen molar-refractivity contribution in [2.45, 2.75) is 46.3 Å². The molecule has 110 valence electrons. The van der Waals surface area contributed by atoms with Gasteiger partial charge in [0.15, 0.2) is 0 Å². The lowest BCUT2D eigenvalue weighted by atomic mass is 9.84.